The summed E-state index contributed by atoms with van der Waals surface area (Å²) in [6.07, 6.45) is 12.1. The number of carbonyl (C=O) groups is 2. The van der Waals surface area contributed by atoms with E-state index >= 15 is 0 Å². The lowest BCUT2D eigenvalue weighted by Crippen LogP contribution is -2.09. The van der Waals surface area contributed by atoms with Gasteiger partial charge < -0.3 is 14.2 Å². The van der Waals surface area contributed by atoms with Gasteiger partial charge in [-0.2, -0.15) is 0 Å². The van der Waals surface area contributed by atoms with E-state index in [1.54, 1.807) is 48.5 Å². The number of carbonyl (C=O) groups excluding carboxylic acids is 2. The molecule has 0 aliphatic rings. The Kier molecular flexibility index (Phi) is 12.4. The second-order valence-electron chi connectivity index (χ2n) is 9.55. The highest BCUT2D eigenvalue weighted by Crippen LogP contribution is 2.21. The average molecular weight is 517 g/mol. The molecule has 202 valence electrons. The summed E-state index contributed by atoms with van der Waals surface area (Å²) in [6, 6.07) is 20.9. The minimum Gasteiger partial charge on any atom is -0.494 e. The van der Waals surface area contributed by atoms with Crippen LogP contribution in [-0.4, -0.2) is 18.5 Å². The number of unbranched alkanes of at least 4 members (excludes halogenated alkanes) is 7. The molecule has 3 rings (SSSR count). The third kappa shape index (κ3) is 10.0. The fraction of sp³-hybridized carbons (Fsp3) is 0.394. The van der Waals surface area contributed by atoms with Crippen LogP contribution in [0, 0.1) is 0 Å². The molecule has 0 radical (unpaired) electrons. The van der Waals surface area contributed by atoms with Crippen LogP contribution in [0.1, 0.15) is 97.9 Å². The summed E-state index contributed by atoms with van der Waals surface area (Å²) in [6.45, 7) is 5.00. The molecule has 0 N–H and O–H groups in total. The summed E-state index contributed by atoms with van der Waals surface area (Å²) in [5.74, 6) is 0.595. The van der Waals surface area contributed by atoms with Gasteiger partial charge in [-0.25, -0.2) is 9.59 Å². The molecule has 0 heterocycles. The number of benzene rings is 3. The SMILES string of the molecule is CCCCCCCCCc1ccc(C(=O)Oc2ccc(OC(=O)c3ccc(OCCCC)cc3)cc2)cc1. The van der Waals surface area contributed by atoms with Gasteiger partial charge in [-0.1, -0.05) is 70.9 Å². The lowest BCUT2D eigenvalue weighted by molar-refractivity contribution is 0.0719. The van der Waals surface area contributed by atoms with Gasteiger partial charge in [0.15, 0.2) is 0 Å². The van der Waals surface area contributed by atoms with Crippen LogP contribution in [0.2, 0.25) is 0 Å². The molecule has 0 bridgehead atoms. The Balaban J connectivity index is 1.42. The van der Waals surface area contributed by atoms with E-state index in [-0.39, 0.29) is 0 Å². The predicted molar refractivity (Wildman–Crippen MR) is 151 cm³/mol. The van der Waals surface area contributed by atoms with E-state index in [9.17, 15) is 9.59 Å². The van der Waals surface area contributed by atoms with Gasteiger partial charge in [0.05, 0.1) is 17.7 Å². The van der Waals surface area contributed by atoms with Crippen LogP contribution >= 0.6 is 0 Å². The molecule has 3 aromatic rings. The maximum atomic E-state index is 12.6. The quantitative estimate of drug-likeness (QED) is 0.108. The summed E-state index contributed by atoms with van der Waals surface area (Å²) >= 11 is 0. The van der Waals surface area contributed by atoms with E-state index in [4.69, 9.17) is 14.2 Å². The van der Waals surface area contributed by atoms with Crippen molar-refractivity contribution in [1.82, 2.24) is 0 Å². The van der Waals surface area contributed by atoms with Crippen molar-refractivity contribution in [2.45, 2.75) is 78.1 Å². The first-order valence-corrected chi connectivity index (χ1v) is 13.9. The lowest BCUT2D eigenvalue weighted by Gasteiger charge is -2.08. The van der Waals surface area contributed by atoms with E-state index < -0.39 is 11.9 Å². The van der Waals surface area contributed by atoms with Crippen molar-refractivity contribution >= 4 is 11.9 Å². The molecule has 0 amide bonds. The maximum Gasteiger partial charge on any atom is 0.343 e. The molecule has 0 fully saturated rings. The van der Waals surface area contributed by atoms with Crippen LogP contribution in [-0.2, 0) is 6.42 Å². The van der Waals surface area contributed by atoms with Crippen LogP contribution in [0.15, 0.2) is 72.8 Å². The van der Waals surface area contributed by atoms with Gasteiger partial charge >= 0.3 is 11.9 Å². The molecule has 0 spiro atoms. The third-order valence-electron chi connectivity index (χ3n) is 6.36. The molecule has 0 unspecified atom stereocenters. The lowest BCUT2D eigenvalue weighted by atomic mass is 10.0. The van der Waals surface area contributed by atoms with E-state index in [1.165, 1.54) is 50.5 Å². The van der Waals surface area contributed by atoms with Crippen molar-refractivity contribution in [3.05, 3.63) is 89.5 Å². The van der Waals surface area contributed by atoms with Gasteiger partial charge in [-0.15, -0.1) is 0 Å². The molecular formula is C33H40O5. The first-order valence-electron chi connectivity index (χ1n) is 13.9. The summed E-state index contributed by atoms with van der Waals surface area (Å²) < 4.78 is 16.6. The van der Waals surface area contributed by atoms with Gasteiger partial charge in [0, 0.05) is 0 Å². The van der Waals surface area contributed by atoms with Gasteiger partial charge in [-0.3, -0.25) is 0 Å². The van der Waals surface area contributed by atoms with Crippen molar-refractivity contribution in [3.63, 3.8) is 0 Å². The number of ether oxygens (including phenoxy) is 3. The molecule has 0 atom stereocenters. The van der Waals surface area contributed by atoms with Gasteiger partial charge in [0.2, 0.25) is 0 Å². The summed E-state index contributed by atoms with van der Waals surface area (Å²) in [7, 11) is 0. The fourth-order valence-corrected chi connectivity index (χ4v) is 4.02. The molecule has 38 heavy (non-hydrogen) atoms. The molecule has 3 aromatic carbocycles. The topological polar surface area (TPSA) is 61.8 Å². The normalized spacial score (nSPS) is 10.7. The first kappa shape index (κ1) is 29.0. The highest BCUT2D eigenvalue weighted by Gasteiger charge is 2.11. The number of aryl methyl sites for hydroxylation is 1. The Bertz CT molecular complexity index is 1100. The molecule has 0 aliphatic carbocycles. The Morgan fingerprint density at radius 3 is 1.50 bits per heavy atom. The number of hydrogen-bond acceptors (Lipinski definition) is 5. The number of esters is 2. The second kappa shape index (κ2) is 16.3. The molecule has 5 heteroatoms. The average Bonchev–Trinajstić information content (AvgIpc) is 2.94. The highest BCUT2D eigenvalue weighted by atomic mass is 16.5. The van der Waals surface area contributed by atoms with E-state index in [2.05, 4.69) is 13.8 Å². The highest BCUT2D eigenvalue weighted by molar-refractivity contribution is 5.92. The minimum absolute atomic E-state index is 0.368. The van der Waals surface area contributed by atoms with Crippen LogP contribution in [0.4, 0.5) is 0 Å². The monoisotopic (exact) mass is 516 g/mol. The Labute approximate surface area is 227 Å². The van der Waals surface area contributed by atoms with Gasteiger partial charge in [-0.05, 0) is 85.5 Å². The van der Waals surface area contributed by atoms with E-state index in [1.807, 2.05) is 24.3 Å². The predicted octanol–water partition coefficient (Wildman–Crippen LogP) is 8.60. The van der Waals surface area contributed by atoms with Gasteiger partial charge in [0.1, 0.15) is 17.2 Å². The van der Waals surface area contributed by atoms with Crippen molar-refractivity contribution in [1.29, 1.82) is 0 Å². The minimum atomic E-state index is -0.466. The van der Waals surface area contributed by atoms with Crippen LogP contribution in [0.25, 0.3) is 0 Å². The van der Waals surface area contributed by atoms with Crippen LogP contribution in [0.5, 0.6) is 17.2 Å². The maximum absolute atomic E-state index is 12.6. The molecular weight excluding hydrogens is 476 g/mol. The Morgan fingerprint density at radius 2 is 0.974 bits per heavy atom. The van der Waals surface area contributed by atoms with E-state index in [0.29, 0.717) is 29.2 Å². The molecule has 0 aromatic heterocycles. The first-order chi connectivity index (χ1) is 18.6. The van der Waals surface area contributed by atoms with Crippen molar-refractivity contribution < 1.29 is 23.8 Å². The molecule has 0 saturated heterocycles. The molecule has 5 nitrogen and oxygen atoms in total. The van der Waals surface area contributed by atoms with E-state index in [0.717, 1.165) is 25.0 Å². The smallest absolute Gasteiger partial charge is 0.343 e. The summed E-state index contributed by atoms with van der Waals surface area (Å²) in [4.78, 5) is 25.0. The fourth-order valence-electron chi connectivity index (χ4n) is 4.02. The van der Waals surface area contributed by atoms with Crippen molar-refractivity contribution in [3.8, 4) is 17.2 Å². The number of hydrogen-bond donors (Lipinski definition) is 0. The zero-order valence-corrected chi connectivity index (χ0v) is 22.7. The Hall–Kier alpha value is -3.60. The Morgan fingerprint density at radius 1 is 0.526 bits per heavy atom. The van der Waals surface area contributed by atoms with Crippen LogP contribution < -0.4 is 14.2 Å². The molecule has 0 aliphatic heterocycles. The zero-order chi connectivity index (χ0) is 27.0. The standard InChI is InChI=1S/C33H40O5/c1-3-5-7-8-9-10-11-12-26-13-15-27(16-14-26)32(34)37-30-21-23-31(24-22-30)38-33(35)28-17-19-29(20-18-28)36-25-6-4-2/h13-24H,3-12,25H2,1-2H3. The largest absolute Gasteiger partial charge is 0.494 e. The summed E-state index contributed by atoms with van der Waals surface area (Å²) in [5, 5.41) is 0. The second-order valence-corrected chi connectivity index (χ2v) is 9.55. The summed E-state index contributed by atoms with van der Waals surface area (Å²) in [5.41, 5.74) is 2.17. The molecule has 0 saturated carbocycles. The van der Waals surface area contributed by atoms with Gasteiger partial charge in [0.25, 0.3) is 0 Å². The third-order valence-corrected chi connectivity index (χ3v) is 6.36. The number of rotatable bonds is 16. The zero-order valence-electron chi connectivity index (χ0n) is 22.7. The van der Waals surface area contributed by atoms with Crippen molar-refractivity contribution in [2.75, 3.05) is 6.61 Å². The van der Waals surface area contributed by atoms with Crippen molar-refractivity contribution in [2.24, 2.45) is 0 Å². The van der Waals surface area contributed by atoms with Crippen LogP contribution in [0.3, 0.4) is 0 Å².